The molecule has 0 aromatic carbocycles. The van der Waals surface area contributed by atoms with Gasteiger partial charge in [-0.15, -0.1) is 10.3 Å². The van der Waals surface area contributed by atoms with Gasteiger partial charge in [-0.3, -0.25) is 4.79 Å². The third-order valence-electron chi connectivity index (χ3n) is 4.91. The molecule has 4 heteroatoms. The smallest absolute Gasteiger partial charge is 0.308 e. The summed E-state index contributed by atoms with van der Waals surface area (Å²) in [6.45, 7) is 7.81. The summed E-state index contributed by atoms with van der Waals surface area (Å²) in [7, 11) is 0. The quantitative estimate of drug-likeness (QED) is 0.806. The van der Waals surface area contributed by atoms with Crippen LogP contribution in [0.4, 0.5) is 0 Å². The zero-order valence-electron chi connectivity index (χ0n) is 11.3. The molecule has 99 valence electrons. The average molecular weight is 242 g/mol. The molecule has 1 atom stereocenters. The molecule has 17 heavy (non-hydrogen) atoms. The van der Waals surface area contributed by atoms with Gasteiger partial charge in [-0.2, -0.15) is 0 Å². The van der Waals surface area contributed by atoms with Crippen molar-refractivity contribution in [3.05, 3.63) is 0 Å². The van der Waals surface area contributed by atoms with Gasteiger partial charge in [0.15, 0.2) is 0 Å². The van der Waals surface area contributed by atoms with Crippen LogP contribution in [-0.4, -0.2) is 27.2 Å². The summed E-state index contributed by atoms with van der Waals surface area (Å²) in [6.07, 6.45) is 3.13. The number of nitrogens with zero attached hydrogens (tertiary/aromatic N) is 1. The van der Waals surface area contributed by atoms with E-state index in [2.05, 4.69) is 0 Å². The van der Waals surface area contributed by atoms with E-state index in [4.69, 9.17) is 0 Å². The number of hydroxylamine groups is 2. The average Bonchev–Trinajstić information content (AvgIpc) is 2.60. The minimum atomic E-state index is -0.821. The van der Waals surface area contributed by atoms with Crippen molar-refractivity contribution in [2.24, 2.45) is 5.92 Å². The lowest BCUT2D eigenvalue weighted by Gasteiger charge is -2.40. The lowest BCUT2D eigenvalue weighted by molar-refractivity contribution is -0.268. The van der Waals surface area contributed by atoms with Gasteiger partial charge in [0, 0.05) is 0 Å². The Hall–Kier alpha value is -0.610. The molecular weight excluding hydrogens is 218 g/mol. The van der Waals surface area contributed by atoms with Crippen molar-refractivity contribution in [3.63, 3.8) is 0 Å². The van der Waals surface area contributed by atoms with E-state index in [1.807, 2.05) is 27.7 Å². The van der Waals surface area contributed by atoms with Gasteiger partial charge >= 0.3 is 5.97 Å². The van der Waals surface area contributed by atoms with E-state index in [0.717, 1.165) is 17.9 Å². The molecule has 1 rings (SSSR count). The van der Waals surface area contributed by atoms with Gasteiger partial charge in [-0.05, 0) is 32.1 Å². The van der Waals surface area contributed by atoms with E-state index in [1.54, 1.807) is 0 Å². The summed E-state index contributed by atoms with van der Waals surface area (Å²) in [5.41, 5.74) is -1.19. The first kappa shape index (κ1) is 14.5. The maximum absolute atomic E-state index is 12.6. The third-order valence-corrected chi connectivity index (χ3v) is 4.91. The maximum atomic E-state index is 12.6. The monoisotopic (exact) mass is 242 g/mol. The van der Waals surface area contributed by atoms with Crippen LogP contribution in [0.5, 0.6) is 0 Å². The first-order valence-corrected chi connectivity index (χ1v) is 6.64. The predicted molar refractivity (Wildman–Crippen MR) is 64.9 cm³/mol. The van der Waals surface area contributed by atoms with Crippen LogP contribution in [0.25, 0.3) is 0 Å². The van der Waals surface area contributed by atoms with Gasteiger partial charge in [0.05, 0.1) is 17.0 Å². The highest BCUT2D eigenvalue weighted by atomic mass is 16.5. The van der Waals surface area contributed by atoms with Gasteiger partial charge in [0.2, 0.25) is 0 Å². The largest absolute Gasteiger partial charge is 0.481 e. The van der Waals surface area contributed by atoms with E-state index in [1.165, 1.54) is 0 Å². The fourth-order valence-electron chi connectivity index (χ4n) is 3.44. The molecule has 0 spiro atoms. The SMILES string of the molecule is CCC1(CC)CC(C(=O)O)C(CC)(CC)N1[O]. The van der Waals surface area contributed by atoms with Crippen LogP contribution in [0.3, 0.4) is 0 Å². The molecule has 1 radical (unpaired) electrons. The summed E-state index contributed by atoms with van der Waals surface area (Å²) in [5.74, 6) is -1.35. The van der Waals surface area contributed by atoms with Gasteiger partial charge in [0.1, 0.15) is 0 Å². The lowest BCUT2D eigenvalue weighted by atomic mass is 9.79. The maximum Gasteiger partial charge on any atom is 0.308 e. The molecule has 0 aliphatic carbocycles. The van der Waals surface area contributed by atoms with E-state index in [0.29, 0.717) is 19.3 Å². The van der Waals surface area contributed by atoms with Gasteiger partial charge < -0.3 is 5.11 Å². The zero-order chi connectivity index (χ0) is 13.3. The van der Waals surface area contributed by atoms with Crippen LogP contribution >= 0.6 is 0 Å². The molecule has 1 saturated heterocycles. The normalized spacial score (nSPS) is 27.2. The van der Waals surface area contributed by atoms with Crippen molar-refractivity contribution in [1.82, 2.24) is 5.06 Å². The Kier molecular flexibility index (Phi) is 4.20. The molecule has 0 aromatic heterocycles. The lowest BCUT2D eigenvalue weighted by Crippen LogP contribution is -2.52. The second kappa shape index (κ2) is 4.94. The molecule has 0 amide bonds. The van der Waals surface area contributed by atoms with Crippen molar-refractivity contribution in [2.45, 2.75) is 70.9 Å². The van der Waals surface area contributed by atoms with Crippen molar-refractivity contribution >= 4 is 5.97 Å². The Morgan fingerprint density at radius 3 is 1.88 bits per heavy atom. The van der Waals surface area contributed by atoms with Crippen molar-refractivity contribution in [2.75, 3.05) is 0 Å². The molecule has 1 heterocycles. The number of carboxylic acids is 1. The highest BCUT2D eigenvalue weighted by molar-refractivity contribution is 5.72. The molecule has 0 saturated carbocycles. The summed E-state index contributed by atoms with van der Waals surface area (Å²) in [5, 5.41) is 23.2. The Morgan fingerprint density at radius 2 is 1.65 bits per heavy atom. The molecular formula is C13H24NO3. The van der Waals surface area contributed by atoms with Crippen LogP contribution in [0.2, 0.25) is 0 Å². The minimum Gasteiger partial charge on any atom is -0.481 e. The molecule has 1 aliphatic heterocycles. The number of rotatable bonds is 5. The van der Waals surface area contributed by atoms with Gasteiger partial charge in [-0.25, -0.2) is 0 Å². The Labute approximate surface area is 104 Å². The van der Waals surface area contributed by atoms with Crippen LogP contribution in [0.1, 0.15) is 59.8 Å². The Morgan fingerprint density at radius 1 is 1.18 bits per heavy atom. The second-order valence-electron chi connectivity index (χ2n) is 5.13. The molecule has 0 bridgehead atoms. The highest BCUT2D eigenvalue weighted by Crippen LogP contribution is 2.50. The third kappa shape index (κ3) is 1.87. The number of hydrogen-bond acceptors (Lipinski definition) is 2. The van der Waals surface area contributed by atoms with E-state index in [-0.39, 0.29) is 0 Å². The van der Waals surface area contributed by atoms with Gasteiger partial charge in [0.25, 0.3) is 0 Å². The van der Waals surface area contributed by atoms with Crippen LogP contribution in [0, 0.1) is 5.92 Å². The first-order chi connectivity index (χ1) is 7.94. The summed E-state index contributed by atoms with van der Waals surface area (Å²) in [4.78, 5) is 11.4. The molecule has 1 fully saturated rings. The van der Waals surface area contributed by atoms with Crippen LogP contribution < -0.4 is 0 Å². The zero-order valence-corrected chi connectivity index (χ0v) is 11.3. The first-order valence-electron chi connectivity index (χ1n) is 6.64. The predicted octanol–water partition coefficient (Wildman–Crippen LogP) is 2.86. The van der Waals surface area contributed by atoms with E-state index in [9.17, 15) is 15.1 Å². The molecule has 0 aromatic rings. The van der Waals surface area contributed by atoms with Crippen molar-refractivity contribution in [3.8, 4) is 0 Å². The van der Waals surface area contributed by atoms with Crippen LogP contribution in [-0.2, 0) is 10.0 Å². The standard InChI is InChI=1S/C13H24NO3/c1-5-12(6-2)9-10(11(15)16)13(7-3,8-4)14(12)17/h10H,5-9H2,1-4H3,(H,15,16). The van der Waals surface area contributed by atoms with Crippen molar-refractivity contribution in [1.29, 1.82) is 0 Å². The van der Waals surface area contributed by atoms with Crippen LogP contribution in [0.15, 0.2) is 0 Å². The van der Waals surface area contributed by atoms with Crippen molar-refractivity contribution < 1.29 is 15.1 Å². The fourth-order valence-corrected chi connectivity index (χ4v) is 3.44. The summed E-state index contributed by atoms with van der Waals surface area (Å²) < 4.78 is 0. The molecule has 1 aliphatic rings. The highest BCUT2D eigenvalue weighted by Gasteiger charge is 2.60. The molecule has 4 nitrogen and oxygen atoms in total. The summed E-state index contributed by atoms with van der Waals surface area (Å²) >= 11 is 0. The van der Waals surface area contributed by atoms with E-state index >= 15 is 0 Å². The van der Waals surface area contributed by atoms with E-state index < -0.39 is 23.0 Å². The fraction of sp³-hybridized carbons (Fsp3) is 0.923. The van der Waals surface area contributed by atoms with Gasteiger partial charge in [-0.1, -0.05) is 27.7 Å². The topological polar surface area (TPSA) is 60.4 Å². The minimum absolute atomic E-state index is 0.477. The number of hydrogen-bond donors (Lipinski definition) is 1. The summed E-state index contributed by atoms with van der Waals surface area (Å²) in [6, 6.07) is 0. The number of aliphatic carboxylic acids is 1. The molecule has 1 N–H and O–H groups in total. The Bertz CT molecular complexity index is 282. The second-order valence-corrected chi connectivity index (χ2v) is 5.13. The number of carboxylic acid groups (broad SMARTS) is 1. The number of carbonyl (C=O) groups is 1. The molecule has 1 unspecified atom stereocenters. The Balaban J connectivity index is 3.22.